The second-order valence-electron chi connectivity index (χ2n) is 4.53. The summed E-state index contributed by atoms with van der Waals surface area (Å²) in [5, 5.41) is 0. The summed E-state index contributed by atoms with van der Waals surface area (Å²) in [4.78, 5) is 2.45. The number of hydrogen-bond donors (Lipinski definition) is 1. The Morgan fingerprint density at radius 1 is 1.25 bits per heavy atom. The third kappa shape index (κ3) is 2.83. The second-order valence-corrected chi connectivity index (χ2v) is 4.53. The molecule has 90 valence electrons. The normalized spacial score (nSPS) is 13.4. The van der Waals surface area contributed by atoms with Gasteiger partial charge in [0.2, 0.25) is 0 Å². The lowest BCUT2D eigenvalue weighted by molar-refractivity contribution is 0.166. The Labute approximate surface area is 99.5 Å². The molecule has 0 aliphatic carbocycles. The molecule has 1 aromatic carbocycles. The molecule has 0 aliphatic heterocycles. The highest BCUT2D eigenvalue weighted by atomic mass is 15.2. The first-order chi connectivity index (χ1) is 7.61. The van der Waals surface area contributed by atoms with E-state index in [1.165, 1.54) is 11.1 Å². The van der Waals surface area contributed by atoms with E-state index >= 15 is 0 Å². The van der Waals surface area contributed by atoms with Crippen LogP contribution in [0.15, 0.2) is 24.3 Å². The highest BCUT2D eigenvalue weighted by molar-refractivity contribution is 5.29. The Balaban J connectivity index is 3.02. The maximum Gasteiger partial charge on any atom is 0.0475 e. The molecule has 0 saturated heterocycles. The highest BCUT2D eigenvalue weighted by Crippen LogP contribution is 2.24. The number of nitrogens with zero attached hydrogens (tertiary/aromatic N) is 1. The Morgan fingerprint density at radius 3 is 2.31 bits per heavy atom. The number of rotatable bonds is 5. The average molecular weight is 220 g/mol. The zero-order chi connectivity index (χ0) is 12.1. The molecule has 0 radical (unpaired) electrons. The van der Waals surface area contributed by atoms with Crippen molar-refractivity contribution in [2.45, 2.75) is 39.8 Å². The van der Waals surface area contributed by atoms with Gasteiger partial charge in [0.15, 0.2) is 0 Å². The summed E-state index contributed by atoms with van der Waals surface area (Å²) in [6.45, 7) is 10.5. The van der Waals surface area contributed by atoms with Crippen LogP contribution in [0.25, 0.3) is 0 Å². The molecule has 1 atom stereocenters. The van der Waals surface area contributed by atoms with Crippen LogP contribution in [0, 0.1) is 6.92 Å². The molecule has 0 heterocycles. The molecule has 2 heteroatoms. The van der Waals surface area contributed by atoms with Gasteiger partial charge < -0.3 is 5.73 Å². The summed E-state index contributed by atoms with van der Waals surface area (Å²) in [6, 6.07) is 9.39. The molecule has 2 nitrogen and oxygen atoms in total. The molecule has 16 heavy (non-hydrogen) atoms. The van der Waals surface area contributed by atoms with Crippen LogP contribution in [0.5, 0.6) is 0 Å². The molecule has 1 unspecified atom stereocenters. The predicted molar refractivity (Wildman–Crippen MR) is 70.5 cm³/mol. The maximum atomic E-state index is 5.95. The van der Waals surface area contributed by atoms with Gasteiger partial charge in [-0.2, -0.15) is 0 Å². The smallest absolute Gasteiger partial charge is 0.0475 e. The largest absolute Gasteiger partial charge is 0.329 e. The summed E-state index contributed by atoms with van der Waals surface area (Å²) in [5.74, 6) is 0. The number of hydrogen-bond acceptors (Lipinski definition) is 2. The first-order valence-electron chi connectivity index (χ1n) is 6.13. The van der Waals surface area contributed by atoms with Crippen LogP contribution in [0.3, 0.4) is 0 Å². The van der Waals surface area contributed by atoms with Crippen LogP contribution in [0.2, 0.25) is 0 Å². The van der Waals surface area contributed by atoms with E-state index in [1.807, 2.05) is 0 Å². The van der Waals surface area contributed by atoms with E-state index in [1.54, 1.807) is 0 Å². The van der Waals surface area contributed by atoms with Gasteiger partial charge in [0, 0.05) is 18.6 Å². The van der Waals surface area contributed by atoms with Crippen LogP contribution in [0.4, 0.5) is 0 Å². The average Bonchev–Trinajstić information content (AvgIpc) is 2.26. The van der Waals surface area contributed by atoms with Crippen molar-refractivity contribution in [3.63, 3.8) is 0 Å². The summed E-state index contributed by atoms with van der Waals surface area (Å²) in [7, 11) is 0. The quantitative estimate of drug-likeness (QED) is 0.826. The lowest BCUT2D eigenvalue weighted by Gasteiger charge is -2.34. The third-order valence-corrected chi connectivity index (χ3v) is 3.20. The molecule has 0 aliphatic rings. The van der Waals surface area contributed by atoms with E-state index in [-0.39, 0.29) is 0 Å². The van der Waals surface area contributed by atoms with Gasteiger partial charge in [-0.15, -0.1) is 0 Å². The topological polar surface area (TPSA) is 29.3 Å². The van der Waals surface area contributed by atoms with Gasteiger partial charge in [0.05, 0.1) is 0 Å². The van der Waals surface area contributed by atoms with Crippen molar-refractivity contribution in [1.82, 2.24) is 4.90 Å². The zero-order valence-corrected chi connectivity index (χ0v) is 10.9. The predicted octanol–water partition coefficient (Wildman–Crippen LogP) is 2.73. The lowest BCUT2D eigenvalue weighted by atomic mass is 9.99. The van der Waals surface area contributed by atoms with Gasteiger partial charge in [-0.05, 0) is 38.4 Å². The summed E-state index contributed by atoms with van der Waals surface area (Å²) >= 11 is 0. The van der Waals surface area contributed by atoms with E-state index in [4.69, 9.17) is 5.73 Å². The molecular formula is C14H24N2. The minimum Gasteiger partial charge on any atom is -0.329 e. The number of likely N-dealkylation sites (N-methyl/N-ethyl adjacent to an activating group) is 1. The fourth-order valence-corrected chi connectivity index (χ4v) is 2.35. The van der Waals surface area contributed by atoms with Gasteiger partial charge in [0.25, 0.3) is 0 Å². The van der Waals surface area contributed by atoms with Gasteiger partial charge in [-0.25, -0.2) is 0 Å². The van der Waals surface area contributed by atoms with Gasteiger partial charge in [0.1, 0.15) is 0 Å². The van der Waals surface area contributed by atoms with Crippen molar-refractivity contribution in [2.24, 2.45) is 5.73 Å². The minimum absolute atomic E-state index is 0.339. The lowest BCUT2D eigenvalue weighted by Crippen LogP contribution is -2.38. The highest BCUT2D eigenvalue weighted by Gasteiger charge is 2.20. The molecule has 0 aromatic heterocycles. The first-order valence-corrected chi connectivity index (χ1v) is 6.13. The third-order valence-electron chi connectivity index (χ3n) is 3.20. The molecular weight excluding hydrogens is 196 g/mol. The zero-order valence-electron chi connectivity index (χ0n) is 10.9. The standard InChI is InChI=1S/C14H24N2/c1-5-16(11(2)3)14(10-15)13-9-7-6-8-12(13)4/h6-9,11,14H,5,10,15H2,1-4H3. The monoisotopic (exact) mass is 220 g/mol. The summed E-state index contributed by atoms with van der Waals surface area (Å²) < 4.78 is 0. The van der Waals surface area contributed by atoms with Crippen LogP contribution in [-0.4, -0.2) is 24.0 Å². The second kappa shape index (κ2) is 6.02. The van der Waals surface area contributed by atoms with Gasteiger partial charge >= 0.3 is 0 Å². The Morgan fingerprint density at radius 2 is 1.88 bits per heavy atom. The number of aryl methyl sites for hydroxylation is 1. The van der Waals surface area contributed by atoms with Crippen molar-refractivity contribution >= 4 is 0 Å². The molecule has 0 spiro atoms. The Bertz CT molecular complexity index is 320. The molecule has 0 amide bonds. The van der Waals surface area contributed by atoms with Crippen molar-refractivity contribution < 1.29 is 0 Å². The van der Waals surface area contributed by atoms with Gasteiger partial charge in [-0.3, -0.25) is 4.90 Å². The fraction of sp³-hybridized carbons (Fsp3) is 0.571. The van der Waals surface area contributed by atoms with Crippen molar-refractivity contribution in [3.8, 4) is 0 Å². The summed E-state index contributed by atoms with van der Waals surface area (Å²) in [6.07, 6.45) is 0. The van der Waals surface area contributed by atoms with E-state index in [9.17, 15) is 0 Å². The van der Waals surface area contributed by atoms with Crippen molar-refractivity contribution in [2.75, 3.05) is 13.1 Å². The molecule has 1 rings (SSSR count). The Hall–Kier alpha value is -0.860. The van der Waals surface area contributed by atoms with Gasteiger partial charge in [-0.1, -0.05) is 31.2 Å². The SMILES string of the molecule is CCN(C(C)C)C(CN)c1ccccc1C. The van der Waals surface area contributed by atoms with E-state index < -0.39 is 0 Å². The van der Waals surface area contributed by atoms with E-state index in [2.05, 4.69) is 56.9 Å². The van der Waals surface area contributed by atoms with E-state index in [0.717, 1.165) is 6.54 Å². The van der Waals surface area contributed by atoms with Crippen LogP contribution < -0.4 is 5.73 Å². The number of nitrogens with two attached hydrogens (primary N) is 1. The summed E-state index contributed by atoms with van der Waals surface area (Å²) in [5.41, 5.74) is 8.64. The molecule has 2 N–H and O–H groups in total. The molecule has 1 aromatic rings. The molecule has 0 fully saturated rings. The van der Waals surface area contributed by atoms with Crippen molar-refractivity contribution in [3.05, 3.63) is 35.4 Å². The van der Waals surface area contributed by atoms with Crippen molar-refractivity contribution in [1.29, 1.82) is 0 Å². The minimum atomic E-state index is 0.339. The Kier molecular flexibility index (Phi) is 4.97. The van der Waals surface area contributed by atoms with Crippen LogP contribution in [0.1, 0.15) is 37.9 Å². The molecule has 0 bridgehead atoms. The number of benzene rings is 1. The maximum absolute atomic E-state index is 5.95. The van der Waals surface area contributed by atoms with E-state index in [0.29, 0.717) is 18.6 Å². The first kappa shape index (κ1) is 13.2. The van der Waals surface area contributed by atoms with Crippen LogP contribution >= 0.6 is 0 Å². The van der Waals surface area contributed by atoms with Crippen LogP contribution in [-0.2, 0) is 0 Å². The molecule has 0 saturated carbocycles. The fourth-order valence-electron chi connectivity index (χ4n) is 2.35.